The summed E-state index contributed by atoms with van der Waals surface area (Å²) in [4.78, 5) is 11.4. The highest BCUT2D eigenvalue weighted by atomic mass is 19.4. The molecule has 0 unspecified atom stereocenters. The Morgan fingerprint density at radius 1 is 1.37 bits per heavy atom. The van der Waals surface area contributed by atoms with Gasteiger partial charge in [0.25, 0.3) is 0 Å². The van der Waals surface area contributed by atoms with E-state index in [-0.39, 0.29) is 0 Å². The molecule has 0 aliphatic heterocycles. The van der Waals surface area contributed by atoms with Crippen molar-refractivity contribution < 1.29 is 31.5 Å². The Hall–Kier alpha value is -1.76. The number of rotatable bonds is 5. The predicted octanol–water partition coefficient (Wildman–Crippen LogP) is 3.28. The highest BCUT2D eigenvalue weighted by Crippen LogP contribution is 2.24. The van der Waals surface area contributed by atoms with Crippen LogP contribution in [0.5, 0.6) is 0 Å². The van der Waals surface area contributed by atoms with E-state index in [9.17, 15) is 26.7 Å². The summed E-state index contributed by atoms with van der Waals surface area (Å²) >= 11 is 0. The van der Waals surface area contributed by atoms with Crippen molar-refractivity contribution >= 4 is 5.78 Å². The van der Waals surface area contributed by atoms with E-state index in [1.165, 1.54) is 0 Å². The van der Waals surface area contributed by atoms with Gasteiger partial charge >= 0.3 is 6.18 Å². The predicted molar refractivity (Wildman–Crippen MR) is 56.7 cm³/mol. The van der Waals surface area contributed by atoms with Gasteiger partial charge in [-0.05, 0) is 12.1 Å². The lowest BCUT2D eigenvalue weighted by molar-refractivity contribution is -0.200. The lowest BCUT2D eigenvalue weighted by Crippen LogP contribution is -2.31. The summed E-state index contributed by atoms with van der Waals surface area (Å²) in [5.41, 5.74) is -0.662. The highest BCUT2D eigenvalue weighted by molar-refractivity contribution is 5.97. The van der Waals surface area contributed by atoms with Crippen molar-refractivity contribution in [2.45, 2.75) is 12.3 Å². The third-order valence-electron chi connectivity index (χ3n) is 2.18. The molecule has 1 aromatic carbocycles. The van der Waals surface area contributed by atoms with Gasteiger partial charge in [-0.2, -0.15) is 13.2 Å². The summed E-state index contributed by atoms with van der Waals surface area (Å²) < 4.78 is 67.1. The van der Waals surface area contributed by atoms with Crippen LogP contribution in [-0.4, -0.2) is 24.7 Å². The first-order chi connectivity index (χ1) is 8.77. The summed E-state index contributed by atoms with van der Waals surface area (Å²) in [6.45, 7) is 1.89. The van der Waals surface area contributed by atoms with Gasteiger partial charge in [-0.1, -0.05) is 12.1 Å². The van der Waals surface area contributed by atoms with Crippen molar-refractivity contribution in [3.63, 3.8) is 0 Å². The van der Waals surface area contributed by atoms with E-state index in [0.717, 1.165) is 18.2 Å². The molecule has 0 bridgehead atoms. The van der Waals surface area contributed by atoms with Crippen molar-refractivity contribution in [1.29, 1.82) is 0 Å². The highest BCUT2D eigenvalue weighted by Gasteiger charge is 2.38. The SMILES string of the molecule is C=C[C@H](OCC(=O)c1cccc(F)c1F)C(F)(F)F. The molecule has 1 rings (SSSR count). The average Bonchev–Trinajstić information content (AvgIpc) is 2.31. The molecule has 2 nitrogen and oxygen atoms in total. The van der Waals surface area contributed by atoms with Crippen LogP contribution in [-0.2, 0) is 4.74 Å². The van der Waals surface area contributed by atoms with Crippen molar-refractivity contribution in [1.82, 2.24) is 0 Å². The summed E-state index contributed by atoms with van der Waals surface area (Å²) in [6, 6.07) is 2.82. The number of ether oxygens (including phenoxy) is 1. The maximum absolute atomic E-state index is 13.2. The molecule has 0 N–H and O–H groups in total. The largest absolute Gasteiger partial charge is 0.418 e. The fraction of sp³-hybridized carbons (Fsp3) is 0.250. The molecule has 0 aliphatic rings. The van der Waals surface area contributed by atoms with Crippen LogP contribution in [0.15, 0.2) is 30.9 Å². The van der Waals surface area contributed by atoms with Crippen LogP contribution in [0.2, 0.25) is 0 Å². The third kappa shape index (κ3) is 3.85. The topological polar surface area (TPSA) is 26.3 Å². The van der Waals surface area contributed by atoms with Crippen LogP contribution in [0, 0.1) is 11.6 Å². The van der Waals surface area contributed by atoms with E-state index in [0.29, 0.717) is 6.08 Å². The zero-order valence-corrected chi connectivity index (χ0v) is 9.51. The van der Waals surface area contributed by atoms with Gasteiger partial charge in [-0.15, -0.1) is 6.58 Å². The number of alkyl halides is 3. The second kappa shape index (κ2) is 5.92. The number of hydrogen-bond acceptors (Lipinski definition) is 2. The summed E-state index contributed by atoms with van der Waals surface area (Å²) in [5.74, 6) is -3.77. The molecule has 0 saturated heterocycles. The number of ketones is 1. The van der Waals surface area contributed by atoms with Crippen LogP contribution < -0.4 is 0 Å². The number of Topliss-reactive ketones (excluding diaryl/α,β-unsaturated/α-hetero) is 1. The molecule has 19 heavy (non-hydrogen) atoms. The number of carbonyl (C=O) groups is 1. The Labute approximate surface area is 105 Å². The second-order valence-electron chi connectivity index (χ2n) is 3.53. The Balaban J connectivity index is 2.76. The Bertz CT molecular complexity index is 481. The van der Waals surface area contributed by atoms with E-state index in [4.69, 9.17) is 0 Å². The lowest BCUT2D eigenvalue weighted by atomic mass is 10.1. The molecule has 0 aliphatic carbocycles. The molecule has 0 heterocycles. The van der Waals surface area contributed by atoms with Gasteiger partial charge in [0, 0.05) is 0 Å². The zero-order chi connectivity index (χ0) is 14.6. The van der Waals surface area contributed by atoms with E-state index in [1.54, 1.807) is 0 Å². The van der Waals surface area contributed by atoms with Crippen LogP contribution in [0.4, 0.5) is 22.0 Å². The van der Waals surface area contributed by atoms with E-state index >= 15 is 0 Å². The molecule has 0 spiro atoms. The third-order valence-corrected chi connectivity index (χ3v) is 2.18. The standard InChI is InChI=1S/C12H9F5O2/c1-2-10(12(15,16)17)19-6-9(18)7-4-3-5-8(13)11(7)14/h2-5,10H,1,6H2/t10-/m0/s1. The molecule has 0 fully saturated rings. The Morgan fingerprint density at radius 3 is 2.53 bits per heavy atom. The minimum absolute atomic E-state index is 0.467. The maximum Gasteiger partial charge on any atom is 0.418 e. The minimum atomic E-state index is -4.72. The molecule has 0 radical (unpaired) electrons. The first kappa shape index (κ1) is 15.3. The fourth-order valence-electron chi connectivity index (χ4n) is 1.26. The van der Waals surface area contributed by atoms with Crippen molar-refractivity contribution in [2.75, 3.05) is 6.61 Å². The molecular formula is C12H9F5O2. The zero-order valence-electron chi connectivity index (χ0n) is 9.51. The normalized spacial score (nSPS) is 13.1. The molecule has 0 saturated carbocycles. The first-order valence-corrected chi connectivity index (χ1v) is 5.05. The number of hydrogen-bond donors (Lipinski definition) is 0. The van der Waals surface area contributed by atoms with Crippen molar-refractivity contribution in [3.8, 4) is 0 Å². The van der Waals surface area contributed by atoms with Gasteiger partial charge in [0.05, 0.1) is 5.56 Å². The second-order valence-corrected chi connectivity index (χ2v) is 3.53. The summed E-state index contributed by atoms with van der Waals surface area (Å²) in [7, 11) is 0. The minimum Gasteiger partial charge on any atom is -0.357 e. The molecular weight excluding hydrogens is 271 g/mol. The fourth-order valence-corrected chi connectivity index (χ4v) is 1.26. The summed E-state index contributed by atoms with van der Waals surface area (Å²) in [5, 5.41) is 0. The number of carbonyl (C=O) groups excluding carboxylic acids is 1. The first-order valence-electron chi connectivity index (χ1n) is 5.05. The molecule has 0 aromatic heterocycles. The lowest BCUT2D eigenvalue weighted by Gasteiger charge is -2.16. The van der Waals surface area contributed by atoms with Gasteiger partial charge < -0.3 is 4.74 Å². The molecule has 0 amide bonds. The monoisotopic (exact) mass is 280 g/mol. The maximum atomic E-state index is 13.2. The van der Waals surface area contributed by atoms with Crippen molar-refractivity contribution in [3.05, 3.63) is 48.1 Å². The summed E-state index contributed by atoms with van der Waals surface area (Å²) in [6.07, 6.45) is -6.59. The molecule has 1 aromatic rings. The van der Waals surface area contributed by atoms with Gasteiger partial charge in [-0.25, -0.2) is 8.78 Å². The molecule has 104 valence electrons. The molecule has 7 heteroatoms. The van der Waals surface area contributed by atoms with Gasteiger partial charge in [0.1, 0.15) is 6.61 Å². The average molecular weight is 280 g/mol. The Kier molecular flexibility index (Phi) is 4.77. The van der Waals surface area contributed by atoms with E-state index in [2.05, 4.69) is 11.3 Å². The van der Waals surface area contributed by atoms with Crippen LogP contribution in [0.1, 0.15) is 10.4 Å². The quantitative estimate of drug-likeness (QED) is 0.470. The van der Waals surface area contributed by atoms with Crippen LogP contribution in [0.25, 0.3) is 0 Å². The number of benzene rings is 1. The van der Waals surface area contributed by atoms with Crippen molar-refractivity contribution in [2.24, 2.45) is 0 Å². The Morgan fingerprint density at radius 2 is 2.00 bits per heavy atom. The van der Waals surface area contributed by atoms with E-state index in [1.807, 2.05) is 0 Å². The van der Waals surface area contributed by atoms with Gasteiger partial charge in [-0.3, -0.25) is 4.79 Å². The van der Waals surface area contributed by atoms with Crippen LogP contribution >= 0.6 is 0 Å². The molecule has 1 atom stereocenters. The van der Waals surface area contributed by atoms with Crippen LogP contribution in [0.3, 0.4) is 0 Å². The number of halogens is 5. The van der Waals surface area contributed by atoms with Gasteiger partial charge in [0.2, 0.25) is 0 Å². The van der Waals surface area contributed by atoms with Gasteiger partial charge in [0.15, 0.2) is 23.5 Å². The van der Waals surface area contributed by atoms with E-state index < -0.39 is 41.9 Å². The smallest absolute Gasteiger partial charge is 0.357 e.